The number of nitrogens with one attached hydrogen (secondary N) is 2. The fourth-order valence-corrected chi connectivity index (χ4v) is 5.08. The highest BCUT2D eigenvalue weighted by molar-refractivity contribution is 6.38. The molecule has 1 saturated heterocycles. The Morgan fingerprint density at radius 1 is 0.907 bits per heavy atom. The highest BCUT2D eigenvalue weighted by Crippen LogP contribution is 2.20. The van der Waals surface area contributed by atoms with Crippen LogP contribution in [-0.4, -0.2) is 75.6 Å². The molecule has 3 heterocycles. The van der Waals surface area contributed by atoms with Gasteiger partial charge in [-0.25, -0.2) is 9.67 Å². The first kappa shape index (κ1) is 28.4. The number of hydrogen-bond donors (Lipinski definition) is 2. The minimum Gasteiger partial charge on any atom is -0.379 e. The third-order valence-corrected chi connectivity index (χ3v) is 7.64. The van der Waals surface area contributed by atoms with Gasteiger partial charge in [-0.1, -0.05) is 54.6 Å². The zero-order valence-corrected chi connectivity index (χ0v) is 23.8. The Bertz CT molecular complexity index is 1580. The molecule has 1 atom stereocenters. The first-order valence-corrected chi connectivity index (χ1v) is 14.6. The van der Waals surface area contributed by atoms with Gasteiger partial charge in [0, 0.05) is 50.1 Å². The van der Waals surface area contributed by atoms with Crippen LogP contribution in [0.4, 0.5) is 0 Å². The molecule has 1 unspecified atom stereocenters. The molecule has 2 aromatic carbocycles. The second-order valence-electron chi connectivity index (χ2n) is 10.9. The van der Waals surface area contributed by atoms with Crippen LogP contribution in [0.3, 0.4) is 0 Å². The summed E-state index contributed by atoms with van der Waals surface area (Å²) in [6, 6.07) is 21.8. The Labute approximate surface area is 250 Å². The van der Waals surface area contributed by atoms with Crippen molar-refractivity contribution < 1.29 is 19.1 Å². The first-order valence-electron chi connectivity index (χ1n) is 14.6. The van der Waals surface area contributed by atoms with Crippen molar-refractivity contribution in [2.24, 2.45) is 0 Å². The summed E-state index contributed by atoms with van der Waals surface area (Å²) < 4.78 is 6.98. The molecule has 2 N–H and O–H groups in total. The average Bonchev–Trinajstić information content (AvgIpc) is 3.73. The van der Waals surface area contributed by atoms with Gasteiger partial charge in [-0.2, -0.15) is 5.10 Å². The lowest BCUT2D eigenvalue weighted by Gasteiger charge is -2.26. The summed E-state index contributed by atoms with van der Waals surface area (Å²) in [5, 5.41) is 10.2. The topological polar surface area (TPSA) is 118 Å². The summed E-state index contributed by atoms with van der Waals surface area (Å²) >= 11 is 0. The van der Waals surface area contributed by atoms with Crippen LogP contribution < -0.4 is 10.6 Å². The van der Waals surface area contributed by atoms with Crippen LogP contribution in [0.15, 0.2) is 85.2 Å². The van der Waals surface area contributed by atoms with Crippen molar-refractivity contribution >= 4 is 17.6 Å². The van der Waals surface area contributed by atoms with Gasteiger partial charge in [0.15, 0.2) is 5.82 Å². The van der Waals surface area contributed by atoms with Crippen molar-refractivity contribution in [1.29, 1.82) is 0 Å². The lowest BCUT2D eigenvalue weighted by atomic mass is 10.00. The Morgan fingerprint density at radius 3 is 2.40 bits per heavy atom. The minimum atomic E-state index is -1.05. The predicted octanol–water partition coefficient (Wildman–Crippen LogP) is 2.96. The van der Waals surface area contributed by atoms with E-state index in [0.717, 1.165) is 68.1 Å². The number of aromatic nitrogens is 3. The van der Waals surface area contributed by atoms with E-state index < -0.39 is 23.6 Å². The molecular formula is C33H34N6O4. The summed E-state index contributed by atoms with van der Waals surface area (Å²) in [5.74, 6) is -1.54. The van der Waals surface area contributed by atoms with Crippen molar-refractivity contribution in [3.8, 4) is 17.1 Å². The van der Waals surface area contributed by atoms with Gasteiger partial charge >= 0.3 is 0 Å². The molecule has 10 heteroatoms. The minimum absolute atomic E-state index is 0.0239. The van der Waals surface area contributed by atoms with Crippen LogP contribution in [0.25, 0.3) is 17.1 Å². The molecule has 1 saturated carbocycles. The fourth-order valence-electron chi connectivity index (χ4n) is 5.08. The molecule has 0 radical (unpaired) electrons. The largest absolute Gasteiger partial charge is 0.379 e. The van der Waals surface area contributed by atoms with E-state index in [4.69, 9.17) is 4.74 Å². The van der Waals surface area contributed by atoms with E-state index in [1.165, 1.54) is 0 Å². The molecular weight excluding hydrogens is 544 g/mol. The number of ether oxygens (including phenoxy) is 1. The molecule has 0 spiro atoms. The molecule has 4 aromatic rings. The number of amides is 2. The monoisotopic (exact) mass is 578 g/mol. The van der Waals surface area contributed by atoms with Gasteiger partial charge < -0.3 is 15.4 Å². The Morgan fingerprint density at radius 2 is 1.65 bits per heavy atom. The second kappa shape index (κ2) is 13.1. The lowest BCUT2D eigenvalue weighted by Crippen LogP contribution is -2.49. The van der Waals surface area contributed by atoms with Crippen LogP contribution in [0.1, 0.15) is 34.3 Å². The van der Waals surface area contributed by atoms with Crippen LogP contribution in [0, 0.1) is 0 Å². The van der Waals surface area contributed by atoms with Crippen molar-refractivity contribution in [2.75, 3.05) is 26.3 Å². The molecule has 2 fully saturated rings. The highest BCUT2D eigenvalue weighted by atomic mass is 16.5. The number of carbonyl (C=O) groups excluding carboxylic acids is 3. The zero-order valence-electron chi connectivity index (χ0n) is 23.8. The maximum Gasteiger partial charge on any atom is 0.289 e. The van der Waals surface area contributed by atoms with Gasteiger partial charge in [0.2, 0.25) is 5.78 Å². The molecule has 1 aliphatic heterocycles. The number of Topliss-reactive ketones (excluding diaryl/α,β-unsaturated/α-hetero) is 1. The maximum atomic E-state index is 13.7. The lowest BCUT2D eigenvalue weighted by molar-refractivity contribution is -0.139. The molecule has 2 aliphatic rings. The van der Waals surface area contributed by atoms with Gasteiger partial charge in [0.25, 0.3) is 11.8 Å². The average molecular weight is 579 g/mol. The second-order valence-corrected chi connectivity index (χ2v) is 10.9. The molecule has 10 nitrogen and oxygen atoms in total. The van der Waals surface area contributed by atoms with E-state index in [9.17, 15) is 14.4 Å². The number of nitrogens with zero attached hydrogens (tertiary/aromatic N) is 4. The molecule has 2 aromatic heterocycles. The Balaban J connectivity index is 1.20. The number of morpholine rings is 1. The van der Waals surface area contributed by atoms with Gasteiger partial charge in [-0.3, -0.25) is 19.3 Å². The Hall–Kier alpha value is -4.67. The highest BCUT2D eigenvalue weighted by Gasteiger charge is 2.32. The zero-order chi connectivity index (χ0) is 29.6. The summed E-state index contributed by atoms with van der Waals surface area (Å²) in [6.45, 7) is 4.07. The van der Waals surface area contributed by atoms with Gasteiger partial charge in [0.1, 0.15) is 6.04 Å². The number of pyridine rings is 1. The Kier molecular flexibility index (Phi) is 8.67. The summed E-state index contributed by atoms with van der Waals surface area (Å²) in [4.78, 5) is 46.5. The van der Waals surface area contributed by atoms with Crippen LogP contribution >= 0.6 is 0 Å². The summed E-state index contributed by atoms with van der Waals surface area (Å²) in [5.41, 5.74) is 3.91. The number of benzene rings is 2. The van der Waals surface area contributed by atoms with E-state index in [-0.39, 0.29) is 18.0 Å². The third-order valence-electron chi connectivity index (χ3n) is 7.64. The summed E-state index contributed by atoms with van der Waals surface area (Å²) in [7, 11) is 0. The normalized spacial score (nSPS) is 15.9. The van der Waals surface area contributed by atoms with Gasteiger partial charge in [-0.15, -0.1) is 0 Å². The molecule has 6 rings (SSSR count). The quantitative estimate of drug-likeness (QED) is 0.263. The predicted molar refractivity (Wildman–Crippen MR) is 160 cm³/mol. The van der Waals surface area contributed by atoms with Crippen LogP contribution in [0.2, 0.25) is 0 Å². The molecule has 0 bridgehead atoms. The van der Waals surface area contributed by atoms with Crippen molar-refractivity contribution in [3.05, 3.63) is 102 Å². The molecule has 2 amide bonds. The number of carbonyl (C=O) groups is 3. The van der Waals surface area contributed by atoms with E-state index in [1.54, 1.807) is 29.2 Å². The smallest absolute Gasteiger partial charge is 0.289 e. The maximum absolute atomic E-state index is 13.7. The van der Waals surface area contributed by atoms with Crippen molar-refractivity contribution in [3.63, 3.8) is 0 Å². The van der Waals surface area contributed by atoms with Crippen molar-refractivity contribution in [2.45, 2.75) is 37.9 Å². The van der Waals surface area contributed by atoms with Gasteiger partial charge in [-0.05, 0) is 42.2 Å². The van der Waals surface area contributed by atoms with E-state index in [0.29, 0.717) is 5.82 Å². The first-order chi connectivity index (χ1) is 21.0. The number of hydrogen-bond acceptors (Lipinski definition) is 7. The van der Waals surface area contributed by atoms with E-state index in [2.05, 4.69) is 25.6 Å². The summed E-state index contributed by atoms with van der Waals surface area (Å²) in [6.07, 6.45) is 5.21. The SMILES string of the molecule is O=C(NC1CC1)C(=O)C(Cc1ccc(CN2CCOCC2)cc1)NC(=O)c1cccnc1-n1ccc(-c2ccccc2)n1. The van der Waals surface area contributed by atoms with Gasteiger partial charge in [0.05, 0.1) is 24.5 Å². The van der Waals surface area contributed by atoms with E-state index in [1.807, 2.05) is 60.7 Å². The van der Waals surface area contributed by atoms with E-state index >= 15 is 0 Å². The van der Waals surface area contributed by atoms with Crippen molar-refractivity contribution in [1.82, 2.24) is 30.3 Å². The number of rotatable bonds is 11. The fraction of sp³-hybridized carbons (Fsp3) is 0.303. The number of ketones is 1. The molecule has 1 aliphatic carbocycles. The third kappa shape index (κ3) is 7.22. The van der Waals surface area contributed by atoms with Crippen LogP contribution in [-0.2, 0) is 27.3 Å². The standard InChI is InChI=1S/C33H34N6O4/c40-30(33(42)35-26-12-13-26)29(21-23-8-10-24(11-9-23)22-38-17-19-43-20-18-38)36-32(41)27-7-4-15-34-31(27)39-16-14-28(37-39)25-5-2-1-3-6-25/h1-11,14-16,26,29H,12-13,17-22H2,(H,35,42)(H,36,41). The van der Waals surface area contributed by atoms with Crippen LogP contribution in [0.5, 0.6) is 0 Å². The molecule has 43 heavy (non-hydrogen) atoms. The molecule has 220 valence electrons.